The van der Waals surface area contributed by atoms with Crippen molar-refractivity contribution in [3.05, 3.63) is 18.3 Å². The third-order valence-corrected chi connectivity index (χ3v) is 2.20. The third-order valence-electron chi connectivity index (χ3n) is 1.54. The number of nitrogens with two attached hydrogens (primary N) is 1. The van der Waals surface area contributed by atoms with Crippen LogP contribution in [0.1, 0.15) is 0 Å². The van der Waals surface area contributed by atoms with Gasteiger partial charge in [-0.25, -0.2) is 4.98 Å². The molecular weight excluding hydrogens is 241 g/mol. The summed E-state index contributed by atoms with van der Waals surface area (Å²) < 4.78 is 35.9. The lowest BCUT2D eigenvalue weighted by molar-refractivity contribution is -0.0599. The number of anilines is 1. The average molecular weight is 250 g/mol. The minimum Gasteiger partial charge on any atom is -0.378 e. The summed E-state index contributed by atoms with van der Waals surface area (Å²) in [6.07, 6.45) is -1.41. The van der Waals surface area contributed by atoms with Crippen LogP contribution in [0.25, 0.3) is 0 Å². The molecule has 0 aliphatic carbocycles. The zero-order valence-electron chi connectivity index (χ0n) is 8.25. The molecular formula is C8H9F3N4S. The fourth-order valence-electron chi connectivity index (χ4n) is 0.755. The number of amidine groups is 1. The van der Waals surface area contributed by atoms with Gasteiger partial charge < -0.3 is 5.73 Å². The molecule has 3 N–H and O–H groups in total. The van der Waals surface area contributed by atoms with Crippen molar-refractivity contribution in [2.45, 2.75) is 11.2 Å². The van der Waals surface area contributed by atoms with Crippen LogP contribution in [0.5, 0.6) is 0 Å². The second kappa shape index (κ2) is 5.06. The minimum atomic E-state index is -4.63. The van der Waals surface area contributed by atoms with Crippen molar-refractivity contribution in [1.29, 1.82) is 0 Å². The number of hydrogen-bond donors (Lipinski definition) is 2. The first kappa shape index (κ1) is 12.6. The molecule has 0 aromatic carbocycles. The molecule has 0 amide bonds. The first-order valence-electron chi connectivity index (χ1n) is 4.10. The molecule has 0 aliphatic heterocycles. The van der Waals surface area contributed by atoms with E-state index in [1.165, 1.54) is 18.0 Å². The number of pyridine rings is 1. The molecule has 16 heavy (non-hydrogen) atoms. The normalized spacial score (nSPS) is 12.6. The van der Waals surface area contributed by atoms with Gasteiger partial charge in [0.1, 0.15) is 0 Å². The van der Waals surface area contributed by atoms with Crippen LogP contribution in [0, 0.1) is 0 Å². The Kier molecular flexibility index (Phi) is 3.99. The largest absolute Gasteiger partial charge is 0.450 e. The van der Waals surface area contributed by atoms with Crippen LogP contribution < -0.4 is 11.2 Å². The number of thioether (sulfide) groups is 1. The second-order valence-electron chi connectivity index (χ2n) is 2.70. The summed E-state index contributed by atoms with van der Waals surface area (Å²) >= 11 is 1.43. The van der Waals surface area contributed by atoms with Gasteiger partial charge in [-0.1, -0.05) is 0 Å². The van der Waals surface area contributed by atoms with Gasteiger partial charge >= 0.3 is 6.18 Å². The van der Waals surface area contributed by atoms with E-state index in [1.54, 1.807) is 12.1 Å². The quantitative estimate of drug-likeness (QED) is 0.373. The Labute approximate surface area is 94.1 Å². The lowest BCUT2D eigenvalue weighted by Gasteiger charge is -2.05. The molecule has 1 aromatic rings. The van der Waals surface area contributed by atoms with Crippen LogP contribution >= 0.6 is 11.8 Å². The highest BCUT2D eigenvalue weighted by molar-refractivity contribution is 7.98. The molecule has 1 rings (SSSR count). The molecule has 1 aromatic heterocycles. The van der Waals surface area contributed by atoms with Gasteiger partial charge in [-0.3, -0.25) is 5.43 Å². The summed E-state index contributed by atoms with van der Waals surface area (Å²) in [6.45, 7) is 0. The number of nitrogens with one attached hydrogen (secondary N) is 1. The summed E-state index contributed by atoms with van der Waals surface area (Å²) in [6, 6.07) is 3.22. The van der Waals surface area contributed by atoms with E-state index in [2.05, 4.69) is 15.5 Å². The number of hydrogen-bond acceptors (Lipinski definition) is 4. The van der Waals surface area contributed by atoms with E-state index in [0.29, 0.717) is 5.69 Å². The van der Waals surface area contributed by atoms with Gasteiger partial charge in [0.05, 0.1) is 16.9 Å². The predicted octanol–water partition coefficient (Wildman–Crippen LogP) is 2.05. The van der Waals surface area contributed by atoms with E-state index in [4.69, 9.17) is 5.73 Å². The topological polar surface area (TPSA) is 63.3 Å². The lowest BCUT2D eigenvalue weighted by atomic mass is 10.4. The Morgan fingerprint density at radius 2 is 2.19 bits per heavy atom. The Morgan fingerprint density at radius 3 is 2.62 bits per heavy atom. The number of aromatic nitrogens is 1. The van der Waals surface area contributed by atoms with Gasteiger partial charge in [0.15, 0.2) is 0 Å². The van der Waals surface area contributed by atoms with Crippen molar-refractivity contribution < 1.29 is 13.2 Å². The zero-order chi connectivity index (χ0) is 12.2. The summed E-state index contributed by atoms with van der Waals surface area (Å²) in [5.41, 5.74) is 7.20. The first-order chi connectivity index (χ1) is 7.43. The molecule has 88 valence electrons. The highest BCUT2D eigenvalue weighted by atomic mass is 32.2. The molecule has 4 nitrogen and oxygen atoms in total. The monoisotopic (exact) mass is 250 g/mol. The maximum atomic E-state index is 12.0. The van der Waals surface area contributed by atoms with Crippen LogP contribution in [0.3, 0.4) is 0 Å². The number of nitrogens with zero attached hydrogens (tertiary/aromatic N) is 2. The van der Waals surface area contributed by atoms with Crippen molar-refractivity contribution in [2.75, 3.05) is 11.7 Å². The number of alkyl halides is 3. The van der Waals surface area contributed by atoms with Crippen LogP contribution in [0.2, 0.25) is 0 Å². The van der Waals surface area contributed by atoms with Crippen LogP contribution in [-0.2, 0) is 0 Å². The summed E-state index contributed by atoms with van der Waals surface area (Å²) in [4.78, 5) is 3.95. The van der Waals surface area contributed by atoms with Crippen molar-refractivity contribution in [2.24, 2.45) is 10.8 Å². The molecule has 0 saturated heterocycles. The molecule has 0 radical (unpaired) electrons. The number of halogens is 3. The summed E-state index contributed by atoms with van der Waals surface area (Å²) in [7, 11) is 0. The van der Waals surface area contributed by atoms with E-state index in [0.717, 1.165) is 5.03 Å². The van der Waals surface area contributed by atoms with Crippen LogP contribution in [0.4, 0.5) is 18.9 Å². The van der Waals surface area contributed by atoms with E-state index in [9.17, 15) is 13.2 Å². The minimum absolute atomic E-state index is 0.338. The smallest absolute Gasteiger partial charge is 0.378 e. The Hall–Kier alpha value is -1.44. The molecule has 0 atom stereocenters. The van der Waals surface area contributed by atoms with E-state index < -0.39 is 12.0 Å². The molecule has 0 spiro atoms. The van der Waals surface area contributed by atoms with Crippen LogP contribution in [-0.4, -0.2) is 23.3 Å². The number of hydrazone groups is 1. The molecule has 1 heterocycles. The number of rotatable bonds is 3. The fraction of sp³-hybridized carbons (Fsp3) is 0.250. The molecule has 0 unspecified atom stereocenters. The van der Waals surface area contributed by atoms with Crippen molar-refractivity contribution in [3.63, 3.8) is 0 Å². The highest BCUT2D eigenvalue weighted by Crippen LogP contribution is 2.16. The Morgan fingerprint density at radius 1 is 1.50 bits per heavy atom. The molecule has 0 aliphatic rings. The fourth-order valence-corrected chi connectivity index (χ4v) is 1.12. The van der Waals surface area contributed by atoms with Gasteiger partial charge in [0, 0.05) is 0 Å². The van der Waals surface area contributed by atoms with Gasteiger partial charge in [-0.2, -0.15) is 18.3 Å². The van der Waals surface area contributed by atoms with E-state index in [1.807, 2.05) is 6.26 Å². The molecule has 0 fully saturated rings. The summed E-state index contributed by atoms with van der Waals surface area (Å²) in [5, 5.41) is 3.76. The van der Waals surface area contributed by atoms with Gasteiger partial charge in [0.2, 0.25) is 5.84 Å². The maximum absolute atomic E-state index is 12.0. The molecule has 0 saturated carbocycles. The van der Waals surface area contributed by atoms with Crippen molar-refractivity contribution in [1.82, 2.24) is 4.98 Å². The Balaban J connectivity index is 2.67. The highest BCUT2D eigenvalue weighted by Gasteiger charge is 2.33. The third kappa shape index (κ3) is 3.61. The Bertz CT molecular complexity index is 374. The van der Waals surface area contributed by atoms with Gasteiger partial charge in [-0.15, -0.1) is 11.8 Å². The lowest BCUT2D eigenvalue weighted by Crippen LogP contribution is -2.32. The van der Waals surface area contributed by atoms with Gasteiger partial charge in [0.25, 0.3) is 0 Å². The van der Waals surface area contributed by atoms with Crippen molar-refractivity contribution in [3.8, 4) is 0 Å². The molecule has 8 heteroatoms. The van der Waals surface area contributed by atoms with Crippen molar-refractivity contribution >= 4 is 23.3 Å². The first-order valence-corrected chi connectivity index (χ1v) is 5.32. The standard InChI is InChI=1S/C8H9F3N4S/c1-16-6-3-2-5(4-13-6)14-15-7(12)8(9,10)11/h2-4,14H,1H3,(H2,12,15). The molecule has 0 bridgehead atoms. The van der Waals surface area contributed by atoms with Crippen LogP contribution in [0.15, 0.2) is 28.5 Å². The summed E-state index contributed by atoms with van der Waals surface area (Å²) in [5.74, 6) is -1.43. The van der Waals surface area contributed by atoms with Gasteiger partial charge in [-0.05, 0) is 18.4 Å². The van der Waals surface area contributed by atoms with E-state index >= 15 is 0 Å². The maximum Gasteiger partial charge on any atom is 0.450 e. The zero-order valence-corrected chi connectivity index (χ0v) is 9.06. The van der Waals surface area contributed by atoms with E-state index in [-0.39, 0.29) is 0 Å². The SMILES string of the molecule is CSc1ccc(N/N=C(\N)C(F)(F)F)cn1. The average Bonchev–Trinajstić information content (AvgIpc) is 2.25. The predicted molar refractivity (Wildman–Crippen MR) is 57.3 cm³/mol. The second-order valence-corrected chi connectivity index (χ2v) is 3.52.